The number of primary sulfonamides is 1. The van der Waals surface area contributed by atoms with Crippen molar-refractivity contribution < 1.29 is 13.2 Å². The number of H-pyrrole nitrogens is 1. The lowest BCUT2D eigenvalue weighted by Gasteiger charge is -1.85. The van der Waals surface area contributed by atoms with E-state index < -0.39 is 15.9 Å². The molecule has 0 fully saturated rings. The molecule has 0 spiro atoms. The average molecular weight is 255 g/mol. The number of amides is 1. The fourth-order valence-corrected chi connectivity index (χ4v) is 1.21. The molecule has 7 heteroatoms. The number of para-hydroxylation sites is 1. The summed E-state index contributed by atoms with van der Waals surface area (Å²) in [5.74, 6) is -0.425. The number of carbonyl (C=O) groups excluding carboxylic acids is 1. The first-order chi connectivity index (χ1) is 7.77. The van der Waals surface area contributed by atoms with E-state index >= 15 is 0 Å². The van der Waals surface area contributed by atoms with Gasteiger partial charge < -0.3 is 10.7 Å². The molecule has 5 N–H and O–H groups in total. The summed E-state index contributed by atoms with van der Waals surface area (Å²) in [7, 11) is -3.17. The molecule has 2 rings (SSSR count). The number of aromatic nitrogens is 1. The van der Waals surface area contributed by atoms with Crippen molar-refractivity contribution in [2.75, 3.05) is 6.26 Å². The Morgan fingerprint density at radius 1 is 1.29 bits per heavy atom. The van der Waals surface area contributed by atoms with Gasteiger partial charge in [0.2, 0.25) is 10.0 Å². The van der Waals surface area contributed by atoms with Gasteiger partial charge in [0, 0.05) is 10.9 Å². The molecule has 0 saturated heterocycles. The van der Waals surface area contributed by atoms with E-state index in [9.17, 15) is 13.2 Å². The van der Waals surface area contributed by atoms with Gasteiger partial charge in [-0.2, -0.15) is 0 Å². The second kappa shape index (κ2) is 4.98. The number of aromatic amines is 1. The van der Waals surface area contributed by atoms with E-state index in [1.807, 2.05) is 24.3 Å². The molecule has 17 heavy (non-hydrogen) atoms. The summed E-state index contributed by atoms with van der Waals surface area (Å²) >= 11 is 0. The van der Waals surface area contributed by atoms with Gasteiger partial charge >= 0.3 is 0 Å². The number of carbonyl (C=O) groups is 1. The molecule has 0 bridgehead atoms. The van der Waals surface area contributed by atoms with Crippen LogP contribution in [0.25, 0.3) is 10.9 Å². The van der Waals surface area contributed by atoms with Crippen LogP contribution in [-0.4, -0.2) is 25.6 Å². The summed E-state index contributed by atoms with van der Waals surface area (Å²) in [6.45, 7) is 0. The number of benzene rings is 1. The quantitative estimate of drug-likeness (QED) is 0.673. The van der Waals surface area contributed by atoms with E-state index in [2.05, 4.69) is 10.1 Å². The highest BCUT2D eigenvalue weighted by atomic mass is 32.2. The van der Waals surface area contributed by atoms with Crippen LogP contribution in [0, 0.1) is 0 Å². The van der Waals surface area contributed by atoms with E-state index in [0.29, 0.717) is 5.69 Å². The second-order valence-corrected chi connectivity index (χ2v) is 5.12. The van der Waals surface area contributed by atoms with Crippen LogP contribution in [0.2, 0.25) is 0 Å². The van der Waals surface area contributed by atoms with Gasteiger partial charge in [-0.3, -0.25) is 4.79 Å². The topological polar surface area (TPSA) is 119 Å². The Hall–Kier alpha value is -1.86. The molecule has 6 nitrogen and oxygen atoms in total. The van der Waals surface area contributed by atoms with Crippen LogP contribution >= 0.6 is 0 Å². The first kappa shape index (κ1) is 13.2. The molecule has 0 radical (unpaired) electrons. The van der Waals surface area contributed by atoms with Gasteiger partial charge in [-0.05, 0) is 12.1 Å². The van der Waals surface area contributed by atoms with Crippen LogP contribution in [0.5, 0.6) is 0 Å². The van der Waals surface area contributed by atoms with Gasteiger partial charge in [-0.25, -0.2) is 13.6 Å². The summed E-state index contributed by atoms with van der Waals surface area (Å²) in [5, 5.41) is 5.33. The second-order valence-electron chi connectivity index (χ2n) is 3.46. The normalized spacial score (nSPS) is 10.7. The Labute approximate surface area is 98.7 Å². The predicted octanol–water partition coefficient (Wildman–Crippen LogP) is 0.172. The molecule has 92 valence electrons. The highest BCUT2D eigenvalue weighted by molar-refractivity contribution is 7.88. The van der Waals surface area contributed by atoms with E-state index in [4.69, 9.17) is 5.73 Å². The van der Waals surface area contributed by atoms with Gasteiger partial charge in [-0.1, -0.05) is 18.2 Å². The first-order valence-corrected chi connectivity index (χ1v) is 6.58. The number of primary amides is 1. The molecule has 0 aliphatic carbocycles. The molecule has 1 amide bonds. The molecule has 1 heterocycles. The lowest BCUT2D eigenvalue weighted by Crippen LogP contribution is -2.10. The monoisotopic (exact) mass is 255 g/mol. The van der Waals surface area contributed by atoms with Crippen LogP contribution in [0.3, 0.4) is 0 Å². The maximum absolute atomic E-state index is 10.8. The van der Waals surface area contributed by atoms with Gasteiger partial charge in [0.25, 0.3) is 5.91 Å². The van der Waals surface area contributed by atoms with Gasteiger partial charge in [0.05, 0.1) is 6.26 Å². The molecular weight excluding hydrogens is 242 g/mol. The minimum atomic E-state index is -3.17. The van der Waals surface area contributed by atoms with E-state index in [-0.39, 0.29) is 0 Å². The molecule has 1 aromatic carbocycles. The van der Waals surface area contributed by atoms with Crippen molar-refractivity contribution >= 4 is 26.8 Å². The Kier molecular flexibility index (Phi) is 3.87. The van der Waals surface area contributed by atoms with Gasteiger partial charge in [0.1, 0.15) is 5.69 Å². The molecule has 1 aromatic heterocycles. The van der Waals surface area contributed by atoms with Crippen LogP contribution in [-0.2, 0) is 10.0 Å². The maximum atomic E-state index is 10.8. The van der Waals surface area contributed by atoms with Gasteiger partial charge in [-0.15, -0.1) is 0 Å². The van der Waals surface area contributed by atoms with Crippen LogP contribution in [0.15, 0.2) is 30.3 Å². The molecule has 0 aliphatic rings. The van der Waals surface area contributed by atoms with Crippen molar-refractivity contribution in [3.05, 3.63) is 36.0 Å². The van der Waals surface area contributed by atoms with E-state index in [0.717, 1.165) is 17.2 Å². The Morgan fingerprint density at radius 2 is 1.82 bits per heavy atom. The van der Waals surface area contributed by atoms with Crippen molar-refractivity contribution in [3.63, 3.8) is 0 Å². The highest BCUT2D eigenvalue weighted by Crippen LogP contribution is 2.13. The zero-order chi connectivity index (χ0) is 13.1. The average Bonchev–Trinajstić information content (AvgIpc) is 2.58. The first-order valence-electron chi connectivity index (χ1n) is 4.62. The van der Waals surface area contributed by atoms with Crippen molar-refractivity contribution in [2.24, 2.45) is 10.9 Å². The number of hydrogen-bond donors (Lipinski definition) is 3. The third-order valence-electron chi connectivity index (χ3n) is 1.80. The summed E-state index contributed by atoms with van der Waals surface area (Å²) in [5.41, 5.74) is 6.50. The Balaban J connectivity index is 0.000000249. The summed E-state index contributed by atoms with van der Waals surface area (Å²) in [6, 6.07) is 9.41. The van der Waals surface area contributed by atoms with Crippen molar-refractivity contribution in [3.8, 4) is 0 Å². The Bertz CT molecular complexity index is 590. The standard InChI is InChI=1S/C9H8N2O.CH5NO2S/c10-9(12)8-5-6-3-1-2-4-7(6)11-8;1-5(2,3)4/h1-5,11H,(H2,10,12);1H3,(H2,2,3,4). The lowest BCUT2D eigenvalue weighted by atomic mass is 10.2. The molecule has 0 atom stereocenters. The van der Waals surface area contributed by atoms with Crippen LogP contribution in [0.4, 0.5) is 0 Å². The zero-order valence-electron chi connectivity index (χ0n) is 9.17. The smallest absolute Gasteiger partial charge is 0.265 e. The largest absolute Gasteiger partial charge is 0.364 e. The summed E-state index contributed by atoms with van der Waals surface area (Å²) < 4.78 is 18.8. The number of hydrogen-bond acceptors (Lipinski definition) is 3. The fourth-order valence-electron chi connectivity index (χ4n) is 1.21. The van der Waals surface area contributed by atoms with Gasteiger partial charge in [0.15, 0.2) is 0 Å². The Morgan fingerprint density at radius 3 is 2.29 bits per heavy atom. The number of fused-ring (bicyclic) bond motifs is 1. The number of sulfonamides is 1. The molecule has 0 saturated carbocycles. The third-order valence-corrected chi connectivity index (χ3v) is 1.80. The fraction of sp³-hybridized carbons (Fsp3) is 0.100. The van der Waals surface area contributed by atoms with Crippen LogP contribution < -0.4 is 10.9 Å². The lowest BCUT2D eigenvalue weighted by molar-refractivity contribution is 0.0996. The summed E-state index contributed by atoms with van der Waals surface area (Å²) in [4.78, 5) is 13.7. The SMILES string of the molecule is CS(N)(=O)=O.NC(=O)c1cc2ccccc2[nH]1. The van der Waals surface area contributed by atoms with Crippen molar-refractivity contribution in [2.45, 2.75) is 0 Å². The summed E-state index contributed by atoms with van der Waals surface area (Å²) in [6.07, 6.45) is 0.938. The third kappa shape index (κ3) is 4.66. The van der Waals surface area contributed by atoms with Crippen molar-refractivity contribution in [1.82, 2.24) is 4.98 Å². The molecule has 0 unspecified atom stereocenters. The molecule has 0 aliphatic heterocycles. The van der Waals surface area contributed by atoms with Crippen molar-refractivity contribution in [1.29, 1.82) is 0 Å². The highest BCUT2D eigenvalue weighted by Gasteiger charge is 2.03. The number of nitrogens with two attached hydrogens (primary N) is 2. The molecule has 2 aromatic rings. The number of rotatable bonds is 1. The van der Waals surface area contributed by atoms with E-state index in [1.165, 1.54) is 0 Å². The molecular formula is C10H13N3O3S. The minimum Gasteiger partial charge on any atom is -0.364 e. The predicted molar refractivity (Wildman–Crippen MR) is 65.8 cm³/mol. The maximum Gasteiger partial charge on any atom is 0.265 e. The van der Waals surface area contributed by atoms with Crippen LogP contribution in [0.1, 0.15) is 10.5 Å². The number of nitrogens with one attached hydrogen (secondary N) is 1. The zero-order valence-corrected chi connectivity index (χ0v) is 9.99. The van der Waals surface area contributed by atoms with E-state index in [1.54, 1.807) is 6.07 Å². The minimum absolute atomic E-state index is 0.425.